The Labute approximate surface area is 323 Å². The third kappa shape index (κ3) is 39.6. The number of rotatable bonds is 42. The van der Waals surface area contributed by atoms with Crippen LogP contribution < -0.4 is 0 Å². The fourth-order valence-electron chi connectivity index (χ4n) is 6.85. The molecule has 0 rings (SSSR count). The molecule has 308 valence electrons. The van der Waals surface area contributed by atoms with Gasteiger partial charge in [-0.1, -0.05) is 220 Å². The number of hydrogen-bond donors (Lipinski definition) is 0. The fourth-order valence-corrected chi connectivity index (χ4v) is 6.85. The lowest BCUT2D eigenvalue weighted by Gasteiger charge is -2.18. The molecule has 0 amide bonds. The zero-order chi connectivity index (χ0) is 38.0. The average molecular weight is 737 g/mol. The van der Waals surface area contributed by atoms with Crippen molar-refractivity contribution in [1.29, 1.82) is 0 Å². The standard InChI is InChI=1S/C46H88O6/c1-4-7-10-13-16-18-20-22-23-24-26-28-31-34-37-40-46(49)52-43(41-50-44(47)38-35-32-29-15-12-9-6-3)42-51-45(48)39-36-33-30-27-25-21-19-17-14-11-8-5-2/h43H,4-42H2,1-3H3/t43-/m0/s1. The van der Waals surface area contributed by atoms with Gasteiger partial charge in [-0.05, 0) is 19.3 Å². The van der Waals surface area contributed by atoms with E-state index in [1.807, 2.05) is 0 Å². The summed E-state index contributed by atoms with van der Waals surface area (Å²) in [5.74, 6) is -0.857. The van der Waals surface area contributed by atoms with Crippen molar-refractivity contribution in [3.05, 3.63) is 0 Å². The summed E-state index contributed by atoms with van der Waals surface area (Å²) in [4.78, 5) is 37.6. The highest BCUT2D eigenvalue weighted by Crippen LogP contribution is 2.16. The third-order valence-electron chi connectivity index (χ3n) is 10.4. The summed E-state index contributed by atoms with van der Waals surface area (Å²) in [6, 6.07) is 0. The van der Waals surface area contributed by atoms with Crippen molar-refractivity contribution in [1.82, 2.24) is 0 Å². The van der Waals surface area contributed by atoms with Crippen molar-refractivity contribution < 1.29 is 28.6 Å². The minimum Gasteiger partial charge on any atom is -0.462 e. The van der Waals surface area contributed by atoms with Crippen LogP contribution in [0.3, 0.4) is 0 Å². The maximum atomic E-state index is 12.7. The third-order valence-corrected chi connectivity index (χ3v) is 10.4. The predicted octanol–water partition coefficient (Wildman–Crippen LogP) is 14.5. The Morgan fingerprint density at radius 3 is 0.769 bits per heavy atom. The molecule has 0 saturated heterocycles. The van der Waals surface area contributed by atoms with Gasteiger partial charge in [-0.3, -0.25) is 14.4 Å². The number of esters is 3. The first kappa shape index (κ1) is 50.4. The van der Waals surface area contributed by atoms with Crippen molar-refractivity contribution in [2.75, 3.05) is 13.2 Å². The smallest absolute Gasteiger partial charge is 0.306 e. The maximum Gasteiger partial charge on any atom is 0.306 e. The molecule has 0 heterocycles. The first-order valence-corrected chi connectivity index (χ1v) is 23.0. The molecular formula is C46H88O6. The van der Waals surface area contributed by atoms with Gasteiger partial charge in [-0.2, -0.15) is 0 Å². The van der Waals surface area contributed by atoms with Gasteiger partial charge in [0.25, 0.3) is 0 Å². The number of ether oxygens (including phenoxy) is 3. The van der Waals surface area contributed by atoms with E-state index in [4.69, 9.17) is 14.2 Å². The Kier molecular flexibility index (Phi) is 40.9. The van der Waals surface area contributed by atoms with E-state index < -0.39 is 6.10 Å². The molecule has 0 aromatic rings. The molecule has 0 bridgehead atoms. The largest absolute Gasteiger partial charge is 0.462 e. The van der Waals surface area contributed by atoms with E-state index in [0.29, 0.717) is 19.3 Å². The molecule has 0 aromatic heterocycles. The van der Waals surface area contributed by atoms with E-state index in [9.17, 15) is 14.4 Å². The Balaban J connectivity index is 4.25. The molecule has 0 aliphatic rings. The highest BCUT2D eigenvalue weighted by molar-refractivity contribution is 5.71. The molecule has 6 nitrogen and oxygen atoms in total. The summed E-state index contributed by atoms with van der Waals surface area (Å²) in [5, 5.41) is 0. The van der Waals surface area contributed by atoms with Gasteiger partial charge in [0.05, 0.1) is 0 Å². The summed E-state index contributed by atoms with van der Waals surface area (Å²) in [6.45, 7) is 6.61. The van der Waals surface area contributed by atoms with Crippen LogP contribution in [0.15, 0.2) is 0 Å². The molecule has 0 spiro atoms. The Bertz CT molecular complexity index is 768. The second-order valence-electron chi connectivity index (χ2n) is 15.7. The van der Waals surface area contributed by atoms with Crippen LogP contribution in [0.5, 0.6) is 0 Å². The Morgan fingerprint density at radius 2 is 0.519 bits per heavy atom. The van der Waals surface area contributed by atoms with E-state index in [0.717, 1.165) is 57.8 Å². The summed E-state index contributed by atoms with van der Waals surface area (Å²) >= 11 is 0. The molecule has 0 aliphatic carbocycles. The molecular weight excluding hydrogens is 648 g/mol. The van der Waals surface area contributed by atoms with Crippen molar-refractivity contribution >= 4 is 17.9 Å². The summed E-state index contributed by atoms with van der Waals surface area (Å²) in [5.41, 5.74) is 0. The zero-order valence-corrected chi connectivity index (χ0v) is 35.1. The lowest BCUT2D eigenvalue weighted by molar-refractivity contribution is -0.167. The highest BCUT2D eigenvalue weighted by Gasteiger charge is 2.19. The average Bonchev–Trinajstić information content (AvgIpc) is 3.14. The second kappa shape index (κ2) is 42.2. The van der Waals surface area contributed by atoms with Gasteiger partial charge in [0.2, 0.25) is 0 Å². The topological polar surface area (TPSA) is 78.9 Å². The molecule has 0 saturated carbocycles. The molecule has 6 heteroatoms. The Hall–Kier alpha value is -1.59. The summed E-state index contributed by atoms with van der Waals surface area (Å²) in [6.07, 6.45) is 42.3. The lowest BCUT2D eigenvalue weighted by Crippen LogP contribution is -2.30. The van der Waals surface area contributed by atoms with Crippen LogP contribution in [0.25, 0.3) is 0 Å². The molecule has 0 aliphatic heterocycles. The van der Waals surface area contributed by atoms with Gasteiger partial charge in [-0.25, -0.2) is 0 Å². The Morgan fingerprint density at radius 1 is 0.308 bits per heavy atom. The molecule has 52 heavy (non-hydrogen) atoms. The van der Waals surface area contributed by atoms with Gasteiger partial charge in [0, 0.05) is 19.3 Å². The first-order valence-electron chi connectivity index (χ1n) is 23.0. The van der Waals surface area contributed by atoms with E-state index in [1.165, 1.54) is 161 Å². The molecule has 0 unspecified atom stereocenters. The number of carbonyl (C=O) groups is 3. The van der Waals surface area contributed by atoms with Crippen molar-refractivity contribution in [3.63, 3.8) is 0 Å². The van der Waals surface area contributed by atoms with Crippen molar-refractivity contribution in [2.45, 2.75) is 264 Å². The van der Waals surface area contributed by atoms with Crippen LogP contribution in [0, 0.1) is 0 Å². The fraction of sp³-hybridized carbons (Fsp3) is 0.935. The second-order valence-corrected chi connectivity index (χ2v) is 15.7. The monoisotopic (exact) mass is 737 g/mol. The number of carbonyl (C=O) groups excluding carboxylic acids is 3. The van der Waals surface area contributed by atoms with Crippen LogP contribution in [0.4, 0.5) is 0 Å². The van der Waals surface area contributed by atoms with Crippen molar-refractivity contribution in [2.24, 2.45) is 0 Å². The number of hydrogen-bond acceptors (Lipinski definition) is 6. The van der Waals surface area contributed by atoms with Crippen molar-refractivity contribution in [3.8, 4) is 0 Å². The summed E-state index contributed by atoms with van der Waals surface area (Å²) in [7, 11) is 0. The quantitative estimate of drug-likeness (QED) is 0.0353. The molecule has 0 N–H and O–H groups in total. The van der Waals surface area contributed by atoms with Gasteiger partial charge in [0.1, 0.15) is 13.2 Å². The molecule has 0 fully saturated rings. The van der Waals surface area contributed by atoms with Crippen LogP contribution in [0.2, 0.25) is 0 Å². The maximum absolute atomic E-state index is 12.7. The normalized spacial score (nSPS) is 11.8. The highest BCUT2D eigenvalue weighted by atomic mass is 16.6. The van der Waals surface area contributed by atoms with E-state index in [-0.39, 0.29) is 31.1 Å². The summed E-state index contributed by atoms with van der Waals surface area (Å²) < 4.78 is 16.7. The van der Waals surface area contributed by atoms with Gasteiger partial charge < -0.3 is 14.2 Å². The van der Waals surface area contributed by atoms with Crippen LogP contribution in [0.1, 0.15) is 258 Å². The minimum atomic E-state index is -0.757. The molecule has 0 radical (unpaired) electrons. The van der Waals surface area contributed by atoms with Crippen LogP contribution in [-0.4, -0.2) is 37.2 Å². The van der Waals surface area contributed by atoms with Crippen LogP contribution >= 0.6 is 0 Å². The molecule has 0 aromatic carbocycles. The lowest BCUT2D eigenvalue weighted by atomic mass is 10.0. The number of unbranched alkanes of at least 4 members (excludes halogenated alkanes) is 31. The molecule has 1 atom stereocenters. The van der Waals surface area contributed by atoms with E-state index in [1.54, 1.807) is 0 Å². The van der Waals surface area contributed by atoms with Gasteiger partial charge in [-0.15, -0.1) is 0 Å². The zero-order valence-electron chi connectivity index (χ0n) is 35.1. The van der Waals surface area contributed by atoms with Gasteiger partial charge >= 0.3 is 17.9 Å². The van der Waals surface area contributed by atoms with E-state index in [2.05, 4.69) is 20.8 Å². The minimum absolute atomic E-state index is 0.0631. The first-order chi connectivity index (χ1) is 25.5. The van der Waals surface area contributed by atoms with E-state index >= 15 is 0 Å². The van der Waals surface area contributed by atoms with Gasteiger partial charge in [0.15, 0.2) is 6.10 Å². The predicted molar refractivity (Wildman–Crippen MR) is 220 cm³/mol. The SMILES string of the molecule is CCCCCCCCCCCCCCCCCC(=O)O[C@@H](COC(=O)CCCCCCCCC)COC(=O)CCCCCCCCCCCCCC. The van der Waals surface area contributed by atoms with Crippen LogP contribution in [-0.2, 0) is 28.6 Å².